The van der Waals surface area contributed by atoms with Gasteiger partial charge in [-0.3, -0.25) is 4.72 Å². The molecule has 0 saturated carbocycles. The quantitative estimate of drug-likeness (QED) is 0.878. The molecule has 0 fully saturated rings. The van der Waals surface area contributed by atoms with Crippen molar-refractivity contribution in [2.45, 2.75) is 18.7 Å². The molecule has 0 amide bonds. The highest BCUT2D eigenvalue weighted by Crippen LogP contribution is 2.31. The summed E-state index contributed by atoms with van der Waals surface area (Å²) in [5, 5.41) is 0.669. The summed E-state index contributed by atoms with van der Waals surface area (Å²) < 4.78 is 32.9. The average Bonchev–Trinajstić information content (AvgIpc) is 2.41. The van der Waals surface area contributed by atoms with Crippen LogP contribution in [0.2, 0.25) is 10.0 Å². The molecule has 0 spiro atoms. The van der Waals surface area contributed by atoms with Crippen molar-refractivity contribution in [2.24, 2.45) is 0 Å². The van der Waals surface area contributed by atoms with Gasteiger partial charge in [0.2, 0.25) is 0 Å². The fourth-order valence-electron chi connectivity index (χ4n) is 2.22. The Labute approximate surface area is 140 Å². The van der Waals surface area contributed by atoms with Gasteiger partial charge in [0.05, 0.1) is 22.7 Å². The molecule has 0 radical (unpaired) electrons. The number of methoxy groups -OCH3 is 1. The van der Waals surface area contributed by atoms with Gasteiger partial charge in [0.15, 0.2) is 0 Å². The maximum atomic E-state index is 12.7. The fourth-order valence-corrected chi connectivity index (χ4v) is 4.14. The summed E-state index contributed by atoms with van der Waals surface area (Å²) in [6.07, 6.45) is 0. The predicted octanol–water partition coefficient (Wildman–Crippen LogP) is 4.42. The van der Waals surface area contributed by atoms with Crippen LogP contribution in [0.1, 0.15) is 11.1 Å². The Kier molecular flexibility index (Phi) is 4.90. The molecule has 2 aromatic rings. The maximum absolute atomic E-state index is 12.7. The second-order valence-electron chi connectivity index (χ2n) is 4.82. The van der Waals surface area contributed by atoms with Crippen molar-refractivity contribution in [2.75, 3.05) is 11.8 Å². The molecule has 0 aliphatic heterocycles. The third-order valence-electron chi connectivity index (χ3n) is 3.11. The SMILES string of the molecule is COc1cc(C)c(S(=O)(=O)Nc2cc(Cl)ccc2Cl)c(C)c1. The molecule has 0 unspecified atom stereocenters. The van der Waals surface area contributed by atoms with E-state index in [2.05, 4.69) is 4.72 Å². The number of ether oxygens (including phenoxy) is 1. The molecule has 0 bridgehead atoms. The molecule has 22 heavy (non-hydrogen) atoms. The first-order valence-electron chi connectivity index (χ1n) is 6.37. The van der Waals surface area contributed by atoms with Crippen LogP contribution >= 0.6 is 23.2 Å². The monoisotopic (exact) mass is 359 g/mol. The van der Waals surface area contributed by atoms with E-state index < -0.39 is 10.0 Å². The molecule has 0 saturated heterocycles. The van der Waals surface area contributed by atoms with Gasteiger partial charge in [0, 0.05) is 5.02 Å². The zero-order chi connectivity index (χ0) is 16.5. The number of rotatable bonds is 4. The summed E-state index contributed by atoms with van der Waals surface area (Å²) in [6, 6.07) is 7.93. The minimum absolute atomic E-state index is 0.198. The minimum Gasteiger partial charge on any atom is -0.497 e. The molecular weight excluding hydrogens is 345 g/mol. The molecule has 0 heterocycles. The number of hydrogen-bond donors (Lipinski definition) is 1. The first kappa shape index (κ1) is 16.9. The molecule has 7 heteroatoms. The highest BCUT2D eigenvalue weighted by Gasteiger charge is 2.21. The Morgan fingerprint density at radius 1 is 1.05 bits per heavy atom. The molecule has 118 valence electrons. The molecular formula is C15H15Cl2NO3S. The second kappa shape index (κ2) is 6.36. The molecule has 0 aromatic heterocycles. The number of aryl methyl sites for hydroxylation is 2. The Bertz CT molecular complexity index is 797. The number of nitrogens with one attached hydrogen (secondary N) is 1. The van der Waals surface area contributed by atoms with Crippen molar-refractivity contribution in [3.05, 3.63) is 51.5 Å². The summed E-state index contributed by atoms with van der Waals surface area (Å²) >= 11 is 11.9. The van der Waals surface area contributed by atoms with Crippen LogP contribution in [0.3, 0.4) is 0 Å². The number of benzene rings is 2. The third-order valence-corrected chi connectivity index (χ3v) is 5.35. The van der Waals surface area contributed by atoms with Gasteiger partial charge >= 0.3 is 0 Å². The van der Waals surface area contributed by atoms with Gasteiger partial charge in [-0.15, -0.1) is 0 Å². The van der Waals surface area contributed by atoms with E-state index in [9.17, 15) is 8.42 Å². The van der Waals surface area contributed by atoms with Crippen molar-refractivity contribution in [1.29, 1.82) is 0 Å². The van der Waals surface area contributed by atoms with Crippen LogP contribution in [0.25, 0.3) is 0 Å². The fraction of sp³-hybridized carbons (Fsp3) is 0.200. The van der Waals surface area contributed by atoms with Crippen LogP contribution in [-0.4, -0.2) is 15.5 Å². The van der Waals surface area contributed by atoms with E-state index in [1.807, 2.05) is 0 Å². The van der Waals surface area contributed by atoms with Crippen LogP contribution in [0.15, 0.2) is 35.2 Å². The highest BCUT2D eigenvalue weighted by atomic mass is 35.5. The molecule has 0 aliphatic carbocycles. The summed E-state index contributed by atoms with van der Waals surface area (Å²) in [5.74, 6) is 0.606. The Balaban J connectivity index is 2.50. The summed E-state index contributed by atoms with van der Waals surface area (Å²) in [6.45, 7) is 3.42. The minimum atomic E-state index is -3.79. The maximum Gasteiger partial charge on any atom is 0.262 e. The van der Waals surface area contributed by atoms with Crippen LogP contribution in [0.4, 0.5) is 5.69 Å². The van der Waals surface area contributed by atoms with Gasteiger partial charge in [-0.2, -0.15) is 0 Å². The van der Waals surface area contributed by atoms with Gasteiger partial charge in [-0.1, -0.05) is 23.2 Å². The van der Waals surface area contributed by atoms with Crippen molar-refractivity contribution >= 4 is 38.9 Å². The molecule has 4 nitrogen and oxygen atoms in total. The summed E-state index contributed by atoms with van der Waals surface area (Å²) in [7, 11) is -2.25. The van der Waals surface area contributed by atoms with E-state index in [-0.39, 0.29) is 15.6 Å². The van der Waals surface area contributed by atoms with Crippen LogP contribution in [-0.2, 0) is 10.0 Å². The number of halogens is 2. The molecule has 1 N–H and O–H groups in total. The zero-order valence-corrected chi connectivity index (χ0v) is 14.6. The van der Waals surface area contributed by atoms with Gasteiger partial charge in [0.25, 0.3) is 10.0 Å². The first-order chi connectivity index (χ1) is 10.2. The summed E-state index contributed by atoms with van der Waals surface area (Å²) in [4.78, 5) is 0.198. The normalized spacial score (nSPS) is 11.3. The lowest BCUT2D eigenvalue weighted by Gasteiger charge is -2.15. The van der Waals surface area contributed by atoms with E-state index in [0.717, 1.165) is 0 Å². The lowest BCUT2D eigenvalue weighted by molar-refractivity contribution is 0.413. The van der Waals surface area contributed by atoms with Gasteiger partial charge in [-0.05, 0) is 55.3 Å². The van der Waals surface area contributed by atoms with E-state index >= 15 is 0 Å². The smallest absolute Gasteiger partial charge is 0.262 e. The topological polar surface area (TPSA) is 55.4 Å². The molecule has 0 aliphatic rings. The van der Waals surface area contributed by atoms with Crippen LogP contribution in [0.5, 0.6) is 5.75 Å². The Morgan fingerprint density at radius 3 is 2.18 bits per heavy atom. The lowest BCUT2D eigenvalue weighted by Crippen LogP contribution is -2.16. The molecule has 0 atom stereocenters. The Hall–Kier alpha value is -1.43. The van der Waals surface area contributed by atoms with E-state index in [0.29, 0.717) is 21.9 Å². The molecule has 2 aromatic carbocycles. The Morgan fingerprint density at radius 2 is 1.64 bits per heavy atom. The van der Waals surface area contributed by atoms with Crippen LogP contribution in [0, 0.1) is 13.8 Å². The van der Waals surface area contributed by atoms with E-state index in [4.69, 9.17) is 27.9 Å². The van der Waals surface area contributed by atoms with Crippen LogP contribution < -0.4 is 9.46 Å². The second-order valence-corrected chi connectivity index (χ2v) is 7.28. The van der Waals surface area contributed by atoms with Crippen molar-refractivity contribution < 1.29 is 13.2 Å². The lowest BCUT2D eigenvalue weighted by atomic mass is 10.1. The highest BCUT2D eigenvalue weighted by molar-refractivity contribution is 7.92. The average molecular weight is 360 g/mol. The van der Waals surface area contributed by atoms with Crippen molar-refractivity contribution in [3.63, 3.8) is 0 Å². The largest absolute Gasteiger partial charge is 0.497 e. The van der Waals surface area contributed by atoms with E-state index in [1.54, 1.807) is 32.0 Å². The number of anilines is 1. The van der Waals surface area contributed by atoms with E-state index in [1.165, 1.54) is 19.2 Å². The molecule has 2 rings (SSSR count). The van der Waals surface area contributed by atoms with Gasteiger partial charge < -0.3 is 4.74 Å². The number of sulfonamides is 1. The van der Waals surface area contributed by atoms with Gasteiger partial charge in [-0.25, -0.2) is 8.42 Å². The zero-order valence-electron chi connectivity index (χ0n) is 12.3. The standard InChI is InChI=1S/C15H15Cl2NO3S/c1-9-6-12(21-3)7-10(2)15(9)22(19,20)18-14-8-11(16)4-5-13(14)17/h4-8,18H,1-3H3. The summed E-state index contributed by atoms with van der Waals surface area (Å²) in [5.41, 5.74) is 1.41. The predicted molar refractivity (Wildman–Crippen MR) is 89.7 cm³/mol. The first-order valence-corrected chi connectivity index (χ1v) is 8.61. The van der Waals surface area contributed by atoms with Gasteiger partial charge in [0.1, 0.15) is 5.75 Å². The third kappa shape index (κ3) is 3.48. The van der Waals surface area contributed by atoms with Crippen molar-refractivity contribution in [3.8, 4) is 5.75 Å². The van der Waals surface area contributed by atoms with Crippen molar-refractivity contribution in [1.82, 2.24) is 0 Å². The number of hydrogen-bond acceptors (Lipinski definition) is 3.